The summed E-state index contributed by atoms with van der Waals surface area (Å²) in [5, 5.41) is 10.5. The van der Waals surface area contributed by atoms with Crippen LogP contribution in [0.4, 0.5) is 5.82 Å². The Morgan fingerprint density at radius 1 is 1.35 bits per heavy atom. The van der Waals surface area contributed by atoms with Gasteiger partial charge in [0.15, 0.2) is 5.82 Å². The lowest BCUT2D eigenvalue weighted by Crippen LogP contribution is -2.09. The highest BCUT2D eigenvalue weighted by Gasteiger charge is 2.10. The van der Waals surface area contributed by atoms with Gasteiger partial charge in [0.25, 0.3) is 0 Å². The first-order valence-corrected chi connectivity index (χ1v) is 5.12. The summed E-state index contributed by atoms with van der Waals surface area (Å²) in [6, 6.07) is 7.61. The van der Waals surface area contributed by atoms with E-state index in [9.17, 15) is 4.79 Å². The van der Waals surface area contributed by atoms with Gasteiger partial charge in [-0.15, -0.1) is 10.2 Å². The van der Waals surface area contributed by atoms with Gasteiger partial charge in [-0.2, -0.15) is 0 Å². The molecule has 0 atom stereocenters. The number of rotatable bonds is 1. The molecule has 0 bridgehead atoms. The minimum absolute atomic E-state index is 0.183. The Bertz CT molecular complexity index is 718. The highest BCUT2D eigenvalue weighted by Crippen LogP contribution is 2.19. The van der Waals surface area contributed by atoms with Crippen molar-refractivity contribution in [1.82, 2.24) is 19.6 Å². The van der Waals surface area contributed by atoms with Gasteiger partial charge in [-0.25, -0.2) is 4.98 Å². The number of anilines is 1. The largest absolute Gasteiger partial charge is 0.308 e. The van der Waals surface area contributed by atoms with Crippen LogP contribution >= 0.6 is 0 Å². The minimum Gasteiger partial charge on any atom is -0.308 e. The summed E-state index contributed by atoms with van der Waals surface area (Å²) in [7, 11) is 0. The van der Waals surface area contributed by atoms with Crippen molar-refractivity contribution in [1.29, 1.82) is 0 Å². The van der Waals surface area contributed by atoms with Crippen molar-refractivity contribution in [3.8, 4) is 0 Å². The molecule has 3 rings (SSSR count). The fourth-order valence-electron chi connectivity index (χ4n) is 1.76. The van der Waals surface area contributed by atoms with Gasteiger partial charge in [0.2, 0.25) is 11.6 Å². The quantitative estimate of drug-likeness (QED) is 0.678. The number of carbonyl (C=O) groups is 1. The van der Waals surface area contributed by atoms with Crippen molar-refractivity contribution in [2.45, 2.75) is 6.92 Å². The Morgan fingerprint density at radius 3 is 3.00 bits per heavy atom. The second kappa shape index (κ2) is 3.51. The molecular formula is C11H9N5O. The first-order valence-electron chi connectivity index (χ1n) is 5.12. The number of hydrogen-bond acceptors (Lipinski definition) is 4. The molecule has 6 heteroatoms. The van der Waals surface area contributed by atoms with Crippen molar-refractivity contribution < 1.29 is 4.79 Å². The lowest BCUT2D eigenvalue weighted by molar-refractivity contribution is -0.114. The molecular weight excluding hydrogens is 218 g/mol. The van der Waals surface area contributed by atoms with Crippen LogP contribution in [0.2, 0.25) is 0 Å². The van der Waals surface area contributed by atoms with Gasteiger partial charge in [-0.3, -0.25) is 9.20 Å². The average Bonchev–Trinajstić information content (AvgIpc) is 2.78. The molecule has 0 fully saturated rings. The predicted octanol–water partition coefficient (Wildman–Crippen LogP) is 1.24. The molecule has 1 aromatic carbocycles. The van der Waals surface area contributed by atoms with E-state index in [0.29, 0.717) is 11.5 Å². The topological polar surface area (TPSA) is 72.2 Å². The lowest BCUT2D eigenvalue weighted by atomic mass is 10.3. The third-order valence-corrected chi connectivity index (χ3v) is 2.43. The molecule has 3 aromatic rings. The highest BCUT2D eigenvalue weighted by atomic mass is 16.1. The summed E-state index contributed by atoms with van der Waals surface area (Å²) < 4.78 is 1.80. The van der Waals surface area contributed by atoms with E-state index in [1.165, 1.54) is 6.92 Å². The molecule has 17 heavy (non-hydrogen) atoms. The van der Waals surface area contributed by atoms with E-state index in [-0.39, 0.29) is 5.91 Å². The summed E-state index contributed by atoms with van der Waals surface area (Å²) in [6.07, 6.45) is 1.60. The molecule has 1 N–H and O–H groups in total. The molecule has 0 saturated heterocycles. The van der Waals surface area contributed by atoms with E-state index in [2.05, 4.69) is 20.5 Å². The second-order valence-corrected chi connectivity index (χ2v) is 3.65. The molecule has 84 valence electrons. The van der Waals surface area contributed by atoms with Gasteiger partial charge in [0.05, 0.1) is 11.0 Å². The van der Waals surface area contributed by atoms with Gasteiger partial charge in [-0.05, 0) is 12.1 Å². The zero-order valence-electron chi connectivity index (χ0n) is 9.08. The minimum atomic E-state index is -0.183. The Morgan fingerprint density at radius 2 is 2.18 bits per heavy atom. The lowest BCUT2D eigenvalue weighted by Gasteiger charge is -2.05. The van der Waals surface area contributed by atoms with Gasteiger partial charge in [0.1, 0.15) is 6.33 Å². The van der Waals surface area contributed by atoms with Crippen molar-refractivity contribution in [2.75, 3.05) is 5.32 Å². The number of benzene rings is 1. The van der Waals surface area contributed by atoms with E-state index < -0.39 is 0 Å². The predicted molar refractivity (Wildman–Crippen MR) is 62.6 cm³/mol. The molecule has 1 amide bonds. The average molecular weight is 227 g/mol. The van der Waals surface area contributed by atoms with Crippen molar-refractivity contribution in [3.05, 3.63) is 30.6 Å². The monoisotopic (exact) mass is 227 g/mol. The zero-order chi connectivity index (χ0) is 11.8. The fourth-order valence-corrected chi connectivity index (χ4v) is 1.76. The summed E-state index contributed by atoms with van der Waals surface area (Å²) in [5.74, 6) is 0.242. The standard InChI is InChI=1S/C11H9N5O/c1-7(17)13-10-11-15-12-6-16(11)9-5-3-2-4-8(9)14-10/h2-6H,1H3,(H,13,14,17). The van der Waals surface area contributed by atoms with Crippen LogP contribution in [0.15, 0.2) is 30.6 Å². The molecule has 0 radical (unpaired) electrons. The van der Waals surface area contributed by atoms with Gasteiger partial charge >= 0.3 is 0 Å². The van der Waals surface area contributed by atoms with E-state index in [1.54, 1.807) is 10.7 Å². The van der Waals surface area contributed by atoms with Crippen molar-refractivity contribution in [3.63, 3.8) is 0 Å². The van der Waals surface area contributed by atoms with Crippen LogP contribution < -0.4 is 5.32 Å². The maximum absolute atomic E-state index is 11.1. The van der Waals surface area contributed by atoms with Crippen molar-refractivity contribution in [2.24, 2.45) is 0 Å². The number of fused-ring (bicyclic) bond motifs is 3. The van der Waals surface area contributed by atoms with Crippen LogP contribution in [-0.4, -0.2) is 25.5 Å². The van der Waals surface area contributed by atoms with Crippen LogP contribution in [-0.2, 0) is 4.79 Å². The number of nitrogens with zero attached hydrogens (tertiary/aromatic N) is 4. The normalized spacial score (nSPS) is 10.9. The molecule has 0 aliphatic carbocycles. The van der Waals surface area contributed by atoms with Crippen LogP contribution in [0, 0.1) is 0 Å². The third-order valence-electron chi connectivity index (χ3n) is 2.43. The molecule has 6 nitrogen and oxygen atoms in total. The van der Waals surface area contributed by atoms with Crippen LogP contribution in [0.5, 0.6) is 0 Å². The third kappa shape index (κ3) is 1.50. The van der Waals surface area contributed by atoms with E-state index in [0.717, 1.165) is 11.0 Å². The maximum Gasteiger partial charge on any atom is 0.222 e. The SMILES string of the molecule is CC(=O)Nc1nc2ccccc2n2cnnc12. The maximum atomic E-state index is 11.1. The molecule has 0 unspecified atom stereocenters. The summed E-state index contributed by atoms with van der Waals surface area (Å²) >= 11 is 0. The van der Waals surface area contributed by atoms with Gasteiger partial charge in [-0.1, -0.05) is 12.1 Å². The summed E-state index contributed by atoms with van der Waals surface area (Å²) in [5.41, 5.74) is 2.23. The van der Waals surface area contributed by atoms with Gasteiger partial charge in [0, 0.05) is 6.92 Å². The van der Waals surface area contributed by atoms with E-state index >= 15 is 0 Å². The smallest absolute Gasteiger partial charge is 0.222 e. The highest BCUT2D eigenvalue weighted by molar-refractivity contribution is 5.93. The molecule has 2 aromatic heterocycles. The summed E-state index contributed by atoms with van der Waals surface area (Å²) in [6.45, 7) is 1.43. The Balaban J connectivity index is 2.39. The number of nitrogens with one attached hydrogen (secondary N) is 1. The van der Waals surface area contributed by atoms with E-state index in [1.807, 2.05) is 24.3 Å². The molecule has 0 saturated carbocycles. The summed E-state index contributed by atoms with van der Waals surface area (Å²) in [4.78, 5) is 15.5. The Labute approximate surface area is 96.3 Å². The van der Waals surface area contributed by atoms with E-state index in [4.69, 9.17) is 0 Å². The first-order chi connectivity index (χ1) is 8.25. The number of carbonyl (C=O) groups excluding carboxylic acids is 1. The van der Waals surface area contributed by atoms with Crippen LogP contribution in [0.3, 0.4) is 0 Å². The number of hydrogen-bond donors (Lipinski definition) is 1. The Hall–Kier alpha value is -2.50. The number of amides is 1. The molecule has 0 aliphatic rings. The van der Waals surface area contributed by atoms with Gasteiger partial charge < -0.3 is 5.32 Å². The zero-order valence-corrected chi connectivity index (χ0v) is 9.08. The van der Waals surface area contributed by atoms with Crippen LogP contribution in [0.25, 0.3) is 16.7 Å². The molecule has 0 spiro atoms. The first kappa shape index (κ1) is 9.71. The van der Waals surface area contributed by atoms with Crippen LogP contribution in [0.1, 0.15) is 6.92 Å². The second-order valence-electron chi connectivity index (χ2n) is 3.65. The fraction of sp³-hybridized carbons (Fsp3) is 0.0909. The van der Waals surface area contributed by atoms with Crippen molar-refractivity contribution >= 4 is 28.4 Å². The number of para-hydroxylation sites is 2. The molecule has 2 heterocycles. The Kier molecular flexibility index (Phi) is 2.01. The molecule has 0 aliphatic heterocycles. The number of aromatic nitrogens is 4.